The molecule has 2 atom stereocenters. The van der Waals surface area contributed by atoms with E-state index in [0.717, 1.165) is 23.1 Å². The van der Waals surface area contributed by atoms with Gasteiger partial charge in [0.1, 0.15) is 6.04 Å². The zero-order chi connectivity index (χ0) is 23.0. The van der Waals surface area contributed by atoms with Crippen LogP contribution in [0.25, 0.3) is 0 Å². The van der Waals surface area contributed by atoms with Gasteiger partial charge in [0.15, 0.2) is 0 Å². The highest BCUT2D eigenvalue weighted by molar-refractivity contribution is 7.99. The molecule has 4 nitrogen and oxygen atoms in total. The van der Waals surface area contributed by atoms with Gasteiger partial charge in [0, 0.05) is 28.4 Å². The van der Waals surface area contributed by atoms with E-state index >= 15 is 0 Å². The molecular formula is C24H30Cl2N2O2S. The van der Waals surface area contributed by atoms with Gasteiger partial charge in [0.05, 0.1) is 5.75 Å². The second-order valence-corrected chi connectivity index (χ2v) is 9.43. The average Bonchev–Trinajstić information content (AvgIpc) is 2.74. The van der Waals surface area contributed by atoms with E-state index in [9.17, 15) is 9.59 Å². The van der Waals surface area contributed by atoms with Gasteiger partial charge >= 0.3 is 0 Å². The van der Waals surface area contributed by atoms with Crippen LogP contribution in [0.15, 0.2) is 42.5 Å². The van der Waals surface area contributed by atoms with Crippen LogP contribution in [0, 0.1) is 6.92 Å². The number of hydrogen-bond donors (Lipinski definition) is 1. The van der Waals surface area contributed by atoms with Gasteiger partial charge in [-0.05, 0) is 56.0 Å². The Morgan fingerprint density at radius 2 is 1.71 bits per heavy atom. The Morgan fingerprint density at radius 3 is 2.32 bits per heavy atom. The first kappa shape index (κ1) is 25.6. The molecule has 0 aromatic heterocycles. The van der Waals surface area contributed by atoms with Crippen molar-refractivity contribution >= 4 is 46.8 Å². The summed E-state index contributed by atoms with van der Waals surface area (Å²) < 4.78 is 0. The first-order chi connectivity index (χ1) is 14.7. The lowest BCUT2D eigenvalue weighted by Gasteiger charge is -2.30. The van der Waals surface area contributed by atoms with E-state index in [2.05, 4.69) is 5.32 Å². The predicted molar refractivity (Wildman–Crippen MR) is 132 cm³/mol. The molecule has 0 saturated heterocycles. The Labute approximate surface area is 199 Å². The summed E-state index contributed by atoms with van der Waals surface area (Å²) >= 11 is 13.9. The highest BCUT2D eigenvalue weighted by Crippen LogP contribution is 2.28. The fraction of sp³-hybridized carbons (Fsp3) is 0.417. The minimum Gasteiger partial charge on any atom is -0.352 e. The van der Waals surface area contributed by atoms with Crippen LogP contribution in [-0.4, -0.2) is 34.6 Å². The van der Waals surface area contributed by atoms with Gasteiger partial charge in [-0.2, -0.15) is 0 Å². The van der Waals surface area contributed by atoms with Crippen molar-refractivity contribution in [3.8, 4) is 0 Å². The Balaban J connectivity index is 2.13. The molecule has 0 unspecified atom stereocenters. The Kier molecular flexibility index (Phi) is 10.2. The third-order valence-electron chi connectivity index (χ3n) is 5.30. The molecule has 31 heavy (non-hydrogen) atoms. The van der Waals surface area contributed by atoms with E-state index in [1.54, 1.807) is 30.0 Å². The van der Waals surface area contributed by atoms with Crippen molar-refractivity contribution in [1.82, 2.24) is 10.2 Å². The van der Waals surface area contributed by atoms with Crippen LogP contribution in [-0.2, 0) is 21.9 Å². The van der Waals surface area contributed by atoms with Gasteiger partial charge in [-0.15, -0.1) is 11.8 Å². The second kappa shape index (κ2) is 12.4. The molecule has 0 spiro atoms. The maximum absolute atomic E-state index is 13.2. The number of rotatable bonds is 10. The average molecular weight is 481 g/mol. The lowest BCUT2D eigenvalue weighted by molar-refractivity contribution is -0.138. The largest absolute Gasteiger partial charge is 0.352 e. The molecule has 0 fully saturated rings. The first-order valence-corrected chi connectivity index (χ1v) is 12.3. The van der Waals surface area contributed by atoms with Crippen LogP contribution in [0.4, 0.5) is 0 Å². The first-order valence-electron chi connectivity index (χ1n) is 10.4. The molecule has 2 aromatic rings. The monoisotopic (exact) mass is 480 g/mol. The summed E-state index contributed by atoms with van der Waals surface area (Å²) in [4.78, 5) is 27.6. The SMILES string of the molecule is CC[C@H](C)NC(=O)[C@H](C)N(Cc1ccccc1C)C(=O)CSCc1c(Cl)cccc1Cl. The molecule has 2 rings (SSSR count). The fourth-order valence-electron chi connectivity index (χ4n) is 3.01. The van der Waals surface area contributed by atoms with Crippen molar-refractivity contribution in [3.63, 3.8) is 0 Å². The van der Waals surface area contributed by atoms with Crippen LogP contribution >= 0.6 is 35.0 Å². The van der Waals surface area contributed by atoms with Crippen molar-refractivity contribution in [1.29, 1.82) is 0 Å². The summed E-state index contributed by atoms with van der Waals surface area (Å²) in [6.45, 7) is 8.15. The van der Waals surface area contributed by atoms with Crippen LogP contribution in [0.5, 0.6) is 0 Å². The molecular weight excluding hydrogens is 451 g/mol. The standard InChI is InChI=1S/C24H30Cl2N2O2S/c1-5-17(3)27-24(30)18(4)28(13-19-10-7-6-9-16(19)2)23(29)15-31-14-20-21(25)11-8-12-22(20)26/h6-12,17-18H,5,13-15H2,1-4H3,(H,27,30)/t17-,18-/m0/s1. The van der Waals surface area contributed by atoms with Crippen molar-refractivity contribution in [2.75, 3.05) is 5.75 Å². The molecule has 168 valence electrons. The maximum atomic E-state index is 13.2. The number of nitrogens with one attached hydrogen (secondary N) is 1. The molecule has 0 saturated carbocycles. The van der Waals surface area contributed by atoms with E-state index in [1.807, 2.05) is 45.0 Å². The number of aryl methyl sites for hydroxylation is 1. The molecule has 0 radical (unpaired) electrons. The van der Waals surface area contributed by atoms with Gasteiger partial charge in [0.25, 0.3) is 0 Å². The highest BCUT2D eigenvalue weighted by Gasteiger charge is 2.27. The molecule has 2 amide bonds. The number of hydrogen-bond acceptors (Lipinski definition) is 3. The van der Waals surface area contributed by atoms with E-state index in [-0.39, 0.29) is 23.6 Å². The van der Waals surface area contributed by atoms with Gasteiger partial charge in [0.2, 0.25) is 11.8 Å². The third-order valence-corrected chi connectivity index (χ3v) is 6.96. The molecule has 0 aliphatic rings. The summed E-state index contributed by atoms with van der Waals surface area (Å²) in [7, 11) is 0. The van der Waals surface area contributed by atoms with Crippen molar-refractivity contribution in [2.24, 2.45) is 0 Å². The molecule has 0 bridgehead atoms. The highest BCUT2D eigenvalue weighted by atomic mass is 35.5. The van der Waals surface area contributed by atoms with Gasteiger partial charge < -0.3 is 10.2 Å². The summed E-state index contributed by atoms with van der Waals surface area (Å²) in [5.74, 6) is 0.517. The normalized spacial score (nSPS) is 12.8. The van der Waals surface area contributed by atoms with Crippen LogP contribution in [0.2, 0.25) is 10.0 Å². The van der Waals surface area contributed by atoms with Crippen LogP contribution in [0.1, 0.15) is 43.9 Å². The fourth-order valence-corrected chi connectivity index (χ4v) is 4.66. The van der Waals surface area contributed by atoms with E-state index in [1.165, 1.54) is 11.8 Å². The number of benzene rings is 2. The van der Waals surface area contributed by atoms with Crippen molar-refractivity contribution in [3.05, 3.63) is 69.2 Å². The van der Waals surface area contributed by atoms with E-state index in [0.29, 0.717) is 22.3 Å². The van der Waals surface area contributed by atoms with Gasteiger partial charge in [-0.1, -0.05) is 60.5 Å². The number of carbonyl (C=O) groups is 2. The van der Waals surface area contributed by atoms with E-state index < -0.39 is 6.04 Å². The Hall–Kier alpha value is -1.69. The summed E-state index contributed by atoms with van der Waals surface area (Å²) in [6, 6.07) is 12.8. The lowest BCUT2D eigenvalue weighted by atomic mass is 10.1. The van der Waals surface area contributed by atoms with E-state index in [4.69, 9.17) is 23.2 Å². The molecule has 1 N–H and O–H groups in total. The minimum atomic E-state index is -0.578. The minimum absolute atomic E-state index is 0.0575. The summed E-state index contributed by atoms with van der Waals surface area (Å²) in [5.41, 5.74) is 2.93. The third kappa shape index (κ3) is 7.44. The topological polar surface area (TPSA) is 49.4 Å². The molecule has 0 aliphatic heterocycles. The van der Waals surface area contributed by atoms with Crippen LogP contribution in [0.3, 0.4) is 0 Å². The smallest absolute Gasteiger partial charge is 0.242 e. The van der Waals surface area contributed by atoms with Crippen molar-refractivity contribution in [2.45, 2.75) is 58.5 Å². The molecule has 7 heteroatoms. The molecule has 0 heterocycles. The van der Waals surface area contributed by atoms with Crippen molar-refractivity contribution < 1.29 is 9.59 Å². The second-order valence-electron chi connectivity index (χ2n) is 7.63. The molecule has 0 aliphatic carbocycles. The van der Waals surface area contributed by atoms with Gasteiger partial charge in [-0.25, -0.2) is 0 Å². The van der Waals surface area contributed by atoms with Gasteiger partial charge in [-0.3, -0.25) is 9.59 Å². The Bertz CT molecular complexity index is 887. The predicted octanol–water partition coefficient (Wildman–Crippen LogP) is 5.87. The van der Waals surface area contributed by atoms with Crippen LogP contribution < -0.4 is 5.32 Å². The number of halogens is 2. The zero-order valence-corrected chi connectivity index (χ0v) is 20.8. The number of nitrogens with zero attached hydrogens (tertiary/aromatic N) is 1. The summed E-state index contributed by atoms with van der Waals surface area (Å²) in [5, 5.41) is 4.16. The maximum Gasteiger partial charge on any atom is 0.242 e. The zero-order valence-electron chi connectivity index (χ0n) is 18.5. The Morgan fingerprint density at radius 1 is 1.06 bits per heavy atom. The number of thioether (sulfide) groups is 1. The lowest BCUT2D eigenvalue weighted by Crippen LogP contribution is -2.50. The number of amides is 2. The number of carbonyl (C=O) groups excluding carboxylic acids is 2. The quantitative estimate of drug-likeness (QED) is 0.462. The summed E-state index contributed by atoms with van der Waals surface area (Å²) in [6.07, 6.45) is 0.832. The molecule has 2 aromatic carbocycles.